The molecule has 0 aliphatic heterocycles. The van der Waals surface area contributed by atoms with Crippen molar-refractivity contribution in [1.29, 1.82) is 0 Å². The van der Waals surface area contributed by atoms with Crippen molar-refractivity contribution in [2.75, 3.05) is 14.1 Å². The van der Waals surface area contributed by atoms with Crippen LogP contribution in [0.5, 0.6) is 0 Å². The Kier molecular flexibility index (Phi) is 5.33. The summed E-state index contributed by atoms with van der Waals surface area (Å²) in [6.45, 7) is 3.69. The molecule has 27 heavy (non-hydrogen) atoms. The third kappa shape index (κ3) is 3.61. The lowest BCUT2D eigenvalue weighted by molar-refractivity contribution is 0.402. The van der Waals surface area contributed by atoms with Crippen LogP contribution in [-0.4, -0.2) is 36.8 Å². The van der Waals surface area contributed by atoms with Crippen LogP contribution >= 0.6 is 11.8 Å². The molecule has 0 N–H and O–H groups in total. The number of benzene rings is 2. The molecule has 0 amide bonds. The summed E-state index contributed by atoms with van der Waals surface area (Å²) in [4.78, 5) is 2.67. The van der Waals surface area contributed by atoms with Crippen molar-refractivity contribution in [3.8, 4) is 0 Å². The summed E-state index contributed by atoms with van der Waals surface area (Å²) in [5.74, 6) is -0.945. The van der Waals surface area contributed by atoms with E-state index in [1.165, 1.54) is 46.1 Å². The zero-order valence-corrected chi connectivity index (χ0v) is 17.0. The quantitative estimate of drug-likeness (QED) is 0.460. The second-order valence-electron chi connectivity index (χ2n) is 6.48. The maximum Gasteiger partial charge on any atom is 0.268 e. The monoisotopic (exact) mass is 410 g/mol. The van der Waals surface area contributed by atoms with Crippen molar-refractivity contribution >= 4 is 32.7 Å². The molecule has 2 aromatic carbocycles. The molecule has 1 atom stereocenters. The second kappa shape index (κ2) is 7.26. The number of hydrogen-bond acceptors (Lipinski definition) is 4. The third-order valence-corrected chi connectivity index (χ3v) is 7.76. The van der Waals surface area contributed by atoms with Crippen molar-refractivity contribution in [1.82, 2.24) is 8.87 Å². The van der Waals surface area contributed by atoms with E-state index in [1.807, 2.05) is 25.9 Å². The minimum Gasteiger partial charge on any atom is -0.298 e. The average molecular weight is 411 g/mol. The molecule has 0 fully saturated rings. The first-order chi connectivity index (χ1) is 12.6. The van der Waals surface area contributed by atoms with Crippen LogP contribution in [0.3, 0.4) is 0 Å². The van der Waals surface area contributed by atoms with Crippen LogP contribution in [0, 0.1) is 18.6 Å². The van der Waals surface area contributed by atoms with Crippen molar-refractivity contribution in [3.05, 3.63) is 59.8 Å². The average Bonchev–Trinajstić information content (AvgIpc) is 2.87. The van der Waals surface area contributed by atoms with Gasteiger partial charge in [0.05, 0.1) is 15.8 Å². The van der Waals surface area contributed by atoms with E-state index in [9.17, 15) is 17.2 Å². The lowest BCUT2D eigenvalue weighted by Gasteiger charge is -2.19. The van der Waals surface area contributed by atoms with Crippen molar-refractivity contribution < 1.29 is 17.2 Å². The van der Waals surface area contributed by atoms with Crippen LogP contribution in [0.4, 0.5) is 8.78 Å². The molecule has 0 aliphatic rings. The highest BCUT2D eigenvalue weighted by Gasteiger charge is 2.26. The maximum absolute atomic E-state index is 13.9. The summed E-state index contributed by atoms with van der Waals surface area (Å²) in [5.41, 5.74) is 0.894. The molecule has 0 bridgehead atoms. The van der Waals surface area contributed by atoms with Gasteiger partial charge >= 0.3 is 0 Å². The van der Waals surface area contributed by atoms with Gasteiger partial charge in [0.25, 0.3) is 10.0 Å². The minimum atomic E-state index is -3.96. The molecule has 0 spiro atoms. The van der Waals surface area contributed by atoms with Gasteiger partial charge in [0, 0.05) is 16.0 Å². The second-order valence-corrected chi connectivity index (χ2v) is 9.59. The lowest BCUT2D eigenvalue weighted by atomic mass is 10.2. The van der Waals surface area contributed by atoms with Gasteiger partial charge in [-0.2, -0.15) is 0 Å². The largest absolute Gasteiger partial charge is 0.298 e. The Morgan fingerprint density at radius 3 is 2.22 bits per heavy atom. The Morgan fingerprint density at radius 2 is 1.63 bits per heavy atom. The van der Waals surface area contributed by atoms with Crippen molar-refractivity contribution in [2.24, 2.45) is 0 Å². The first kappa shape index (κ1) is 19.9. The van der Waals surface area contributed by atoms with Crippen LogP contribution in [0.2, 0.25) is 0 Å². The molecule has 3 aromatic rings. The number of rotatable bonds is 5. The van der Waals surface area contributed by atoms with E-state index < -0.39 is 21.7 Å². The van der Waals surface area contributed by atoms with Crippen LogP contribution in [0.15, 0.2) is 52.3 Å². The van der Waals surface area contributed by atoms with Gasteiger partial charge in [0.2, 0.25) is 0 Å². The Labute approximate surface area is 161 Å². The number of halogens is 2. The molecular weight excluding hydrogens is 390 g/mol. The van der Waals surface area contributed by atoms with Gasteiger partial charge in [-0.25, -0.2) is 21.2 Å². The zero-order chi connectivity index (χ0) is 19.9. The first-order valence-electron chi connectivity index (χ1n) is 8.27. The molecule has 1 aromatic heterocycles. The Hall–Kier alpha value is -1.90. The molecule has 1 unspecified atom stereocenters. The fraction of sp³-hybridized carbons (Fsp3) is 0.263. The Morgan fingerprint density at radius 1 is 1.04 bits per heavy atom. The number of hydrogen-bond donors (Lipinski definition) is 0. The summed E-state index contributed by atoms with van der Waals surface area (Å²) < 4.78 is 54.8. The summed E-state index contributed by atoms with van der Waals surface area (Å²) in [5, 5.41) is 0.594. The maximum atomic E-state index is 13.9. The number of thioether (sulfide) groups is 1. The fourth-order valence-electron chi connectivity index (χ4n) is 2.78. The molecule has 0 radical (unpaired) electrons. The lowest BCUT2D eigenvalue weighted by Crippen LogP contribution is -2.21. The van der Waals surface area contributed by atoms with Crippen LogP contribution in [0.25, 0.3) is 10.9 Å². The van der Waals surface area contributed by atoms with E-state index in [4.69, 9.17) is 0 Å². The van der Waals surface area contributed by atoms with Gasteiger partial charge in [-0.3, -0.25) is 4.90 Å². The van der Waals surface area contributed by atoms with Crippen LogP contribution in [-0.2, 0) is 10.0 Å². The molecule has 0 aliphatic carbocycles. The highest BCUT2D eigenvalue weighted by atomic mass is 32.2. The van der Waals surface area contributed by atoms with Crippen molar-refractivity contribution in [3.63, 3.8) is 0 Å². The summed E-state index contributed by atoms with van der Waals surface area (Å²) in [6.07, 6.45) is 0. The summed E-state index contributed by atoms with van der Waals surface area (Å²) >= 11 is 1.47. The highest BCUT2D eigenvalue weighted by Crippen LogP contribution is 2.38. The number of fused-ring (bicyclic) bond motifs is 1. The van der Waals surface area contributed by atoms with Crippen LogP contribution < -0.4 is 0 Å². The number of aromatic nitrogens is 1. The van der Waals surface area contributed by atoms with E-state index in [0.717, 1.165) is 12.1 Å². The van der Waals surface area contributed by atoms with Gasteiger partial charge in [-0.1, -0.05) is 0 Å². The minimum absolute atomic E-state index is 0.0227. The van der Waals surface area contributed by atoms with Gasteiger partial charge in [0.15, 0.2) is 0 Å². The summed E-state index contributed by atoms with van der Waals surface area (Å²) in [6, 6.07) is 8.73. The zero-order valence-electron chi connectivity index (χ0n) is 15.4. The van der Waals surface area contributed by atoms with Gasteiger partial charge < -0.3 is 0 Å². The van der Waals surface area contributed by atoms with Gasteiger partial charge in [-0.15, -0.1) is 11.8 Å². The third-order valence-electron chi connectivity index (χ3n) is 4.42. The van der Waals surface area contributed by atoms with E-state index >= 15 is 0 Å². The smallest absolute Gasteiger partial charge is 0.268 e. The van der Waals surface area contributed by atoms with Gasteiger partial charge in [0.1, 0.15) is 11.6 Å². The number of nitrogens with zero attached hydrogens (tertiary/aromatic N) is 2. The normalized spacial score (nSPS) is 13.4. The predicted octanol–water partition coefficient (Wildman–Crippen LogP) is 4.46. The molecule has 1 heterocycles. The molecule has 4 nitrogen and oxygen atoms in total. The fourth-order valence-corrected chi connectivity index (χ4v) is 5.50. The Balaban J connectivity index is 2.27. The molecule has 8 heteroatoms. The van der Waals surface area contributed by atoms with E-state index in [-0.39, 0.29) is 10.3 Å². The van der Waals surface area contributed by atoms with E-state index in [1.54, 1.807) is 6.92 Å². The topological polar surface area (TPSA) is 42.3 Å². The predicted molar refractivity (Wildman–Crippen MR) is 105 cm³/mol. The molecular formula is C19H20F2N2O2S2. The van der Waals surface area contributed by atoms with Gasteiger partial charge in [-0.05, 0) is 70.4 Å². The van der Waals surface area contributed by atoms with Crippen molar-refractivity contribution in [2.45, 2.75) is 29.0 Å². The molecule has 0 saturated heterocycles. The highest BCUT2D eigenvalue weighted by molar-refractivity contribution is 8.00. The van der Waals surface area contributed by atoms with E-state index in [2.05, 4.69) is 0 Å². The molecule has 0 saturated carbocycles. The van der Waals surface area contributed by atoms with E-state index in [0.29, 0.717) is 21.5 Å². The SMILES string of the molecule is Cc1c(SC(C)N(C)C)c2cc(F)ccc2n1S(=O)(=O)c1ccc(F)cc1. The molecule has 144 valence electrons. The summed E-state index contributed by atoms with van der Waals surface area (Å²) in [7, 11) is -0.123. The standard InChI is InChI=1S/C19H20F2N2O2S2/c1-12-19(26-13(2)22(3)4)17-11-15(21)7-10-18(17)23(12)27(24,25)16-8-5-14(20)6-9-16/h5-11,13H,1-4H3. The first-order valence-corrected chi connectivity index (χ1v) is 10.6. The Bertz CT molecular complexity index is 1090. The van der Waals surface area contributed by atoms with Crippen LogP contribution in [0.1, 0.15) is 12.6 Å². The molecule has 3 rings (SSSR count).